The molecule has 1 fully saturated rings. The molecule has 19 heavy (non-hydrogen) atoms. The predicted octanol–water partition coefficient (Wildman–Crippen LogP) is -1.48. The Hall–Kier alpha value is -1.48. The van der Waals surface area contributed by atoms with E-state index in [2.05, 4.69) is 4.36 Å². The van der Waals surface area contributed by atoms with Crippen LogP contribution in [-0.4, -0.2) is 55.5 Å². The molecule has 0 aromatic carbocycles. The normalized spacial score (nSPS) is 24.6. The lowest BCUT2D eigenvalue weighted by Gasteiger charge is -2.37. The molecule has 0 bridgehead atoms. The molecule has 1 heterocycles. The standard InChI is InChI=1S/C10H17N3O5S/c1-6-2-3-13(8(4-6)9(11)15)10(16)7(5-14)12-19(17)18/h6-8,14H,2-5H2,1H3,(H2,11,15). The quantitative estimate of drug-likeness (QED) is 0.652. The van der Waals surface area contributed by atoms with Gasteiger partial charge in [0, 0.05) is 6.54 Å². The van der Waals surface area contributed by atoms with Gasteiger partial charge in [-0.15, -0.1) is 0 Å². The van der Waals surface area contributed by atoms with E-state index in [-0.39, 0.29) is 5.92 Å². The van der Waals surface area contributed by atoms with Crippen LogP contribution in [0.4, 0.5) is 0 Å². The van der Waals surface area contributed by atoms with E-state index in [1.165, 1.54) is 4.90 Å². The molecule has 1 aliphatic rings. The Morgan fingerprint density at radius 1 is 1.53 bits per heavy atom. The zero-order valence-corrected chi connectivity index (χ0v) is 11.3. The van der Waals surface area contributed by atoms with Gasteiger partial charge in [0.25, 0.3) is 5.91 Å². The largest absolute Gasteiger partial charge is 0.394 e. The molecule has 108 valence electrons. The Labute approximate surface area is 112 Å². The maximum atomic E-state index is 12.1. The fourth-order valence-corrected chi connectivity index (χ4v) is 2.49. The summed E-state index contributed by atoms with van der Waals surface area (Å²) in [6.45, 7) is 1.51. The number of hydrogen-bond donors (Lipinski definition) is 2. The second-order valence-corrected chi connectivity index (χ2v) is 5.25. The molecule has 3 unspecified atom stereocenters. The molecule has 0 aromatic rings. The van der Waals surface area contributed by atoms with Crippen molar-refractivity contribution < 1.29 is 23.1 Å². The molecule has 0 saturated carbocycles. The average molecular weight is 291 g/mol. The van der Waals surface area contributed by atoms with Crippen molar-refractivity contribution in [3.8, 4) is 0 Å². The van der Waals surface area contributed by atoms with Crippen molar-refractivity contribution in [2.45, 2.75) is 31.8 Å². The van der Waals surface area contributed by atoms with Gasteiger partial charge in [-0.3, -0.25) is 9.59 Å². The van der Waals surface area contributed by atoms with Gasteiger partial charge in [-0.1, -0.05) is 6.92 Å². The number of likely N-dealkylation sites (tertiary alicyclic amines) is 1. The Kier molecular flexibility index (Phi) is 5.43. The molecule has 1 aliphatic heterocycles. The van der Waals surface area contributed by atoms with Crippen LogP contribution in [0.2, 0.25) is 0 Å². The van der Waals surface area contributed by atoms with E-state index in [1.54, 1.807) is 0 Å². The summed E-state index contributed by atoms with van der Waals surface area (Å²) in [5, 5.41) is 9.02. The fraction of sp³-hybridized carbons (Fsp3) is 0.800. The minimum absolute atomic E-state index is 0.250. The van der Waals surface area contributed by atoms with Crippen LogP contribution < -0.4 is 5.73 Å². The Morgan fingerprint density at radius 3 is 2.63 bits per heavy atom. The zero-order chi connectivity index (χ0) is 14.6. The number of rotatable bonds is 4. The van der Waals surface area contributed by atoms with Crippen molar-refractivity contribution >= 4 is 22.3 Å². The van der Waals surface area contributed by atoms with E-state index in [9.17, 15) is 18.0 Å². The number of nitrogens with two attached hydrogens (primary N) is 1. The number of piperidine rings is 1. The Balaban J connectivity index is 2.95. The lowest BCUT2D eigenvalue weighted by molar-refractivity contribution is -0.143. The van der Waals surface area contributed by atoms with E-state index in [0.29, 0.717) is 19.4 Å². The van der Waals surface area contributed by atoms with Gasteiger partial charge in [0.2, 0.25) is 5.91 Å². The first-order valence-electron chi connectivity index (χ1n) is 5.87. The number of carbonyl (C=O) groups excluding carboxylic acids is 2. The number of aliphatic hydroxyl groups excluding tert-OH is 1. The van der Waals surface area contributed by atoms with E-state index < -0.39 is 41.0 Å². The summed E-state index contributed by atoms with van der Waals surface area (Å²) >= 11 is 0. The third-order valence-corrected chi connectivity index (χ3v) is 3.57. The summed E-state index contributed by atoms with van der Waals surface area (Å²) in [7, 11) is -2.80. The molecule has 3 atom stereocenters. The van der Waals surface area contributed by atoms with Gasteiger partial charge < -0.3 is 15.7 Å². The second-order valence-electron chi connectivity index (χ2n) is 4.60. The summed E-state index contributed by atoms with van der Waals surface area (Å²) in [5.41, 5.74) is 5.25. The summed E-state index contributed by atoms with van der Waals surface area (Å²) in [6, 6.07) is -2.19. The molecule has 0 aromatic heterocycles. The number of aliphatic hydroxyl groups is 1. The molecular formula is C10H17N3O5S. The lowest BCUT2D eigenvalue weighted by Crippen LogP contribution is -2.55. The van der Waals surface area contributed by atoms with Crippen LogP contribution in [0.3, 0.4) is 0 Å². The summed E-state index contributed by atoms with van der Waals surface area (Å²) < 4.78 is 24.1. The van der Waals surface area contributed by atoms with Gasteiger partial charge in [0.15, 0.2) is 6.04 Å². The molecule has 1 saturated heterocycles. The van der Waals surface area contributed by atoms with Gasteiger partial charge in [-0.25, -0.2) is 0 Å². The van der Waals surface area contributed by atoms with E-state index in [0.717, 1.165) is 0 Å². The Morgan fingerprint density at radius 2 is 2.16 bits per heavy atom. The predicted molar refractivity (Wildman–Crippen MR) is 65.3 cm³/mol. The van der Waals surface area contributed by atoms with Crippen LogP contribution in [0, 0.1) is 5.92 Å². The molecule has 1 rings (SSSR count). The minimum atomic E-state index is -2.80. The highest BCUT2D eigenvalue weighted by atomic mass is 32.2. The van der Waals surface area contributed by atoms with Crippen molar-refractivity contribution in [1.29, 1.82) is 0 Å². The molecule has 2 amide bonds. The van der Waals surface area contributed by atoms with Crippen molar-refractivity contribution in [2.24, 2.45) is 16.0 Å². The van der Waals surface area contributed by atoms with Crippen LogP contribution >= 0.6 is 0 Å². The molecule has 0 radical (unpaired) electrons. The first-order valence-corrected chi connectivity index (χ1v) is 6.90. The molecule has 9 heteroatoms. The number of hydrogen-bond acceptors (Lipinski definition) is 6. The van der Waals surface area contributed by atoms with Crippen LogP contribution in [0.25, 0.3) is 0 Å². The second kappa shape index (κ2) is 6.62. The third kappa shape index (κ3) is 4.00. The van der Waals surface area contributed by atoms with Gasteiger partial charge in [0.05, 0.1) is 6.61 Å². The average Bonchev–Trinajstić information content (AvgIpc) is 2.34. The number of amides is 2. The van der Waals surface area contributed by atoms with E-state index in [1.807, 2.05) is 6.92 Å². The summed E-state index contributed by atoms with van der Waals surface area (Å²) in [5.74, 6) is -1.08. The lowest BCUT2D eigenvalue weighted by atomic mass is 9.91. The summed E-state index contributed by atoms with van der Waals surface area (Å²) in [4.78, 5) is 24.6. The van der Waals surface area contributed by atoms with Crippen molar-refractivity contribution in [3.63, 3.8) is 0 Å². The number of carbonyl (C=O) groups is 2. The first-order chi connectivity index (χ1) is 8.86. The van der Waals surface area contributed by atoms with Crippen molar-refractivity contribution in [3.05, 3.63) is 0 Å². The Bertz CT molecular complexity index is 481. The third-order valence-electron chi connectivity index (χ3n) is 3.15. The van der Waals surface area contributed by atoms with Gasteiger partial charge >= 0.3 is 10.5 Å². The topological polar surface area (TPSA) is 130 Å². The highest BCUT2D eigenvalue weighted by Gasteiger charge is 2.36. The molecular weight excluding hydrogens is 274 g/mol. The van der Waals surface area contributed by atoms with Gasteiger partial charge in [-0.2, -0.15) is 12.8 Å². The summed E-state index contributed by atoms with van der Waals surface area (Å²) in [6.07, 6.45) is 1.12. The smallest absolute Gasteiger partial charge is 0.312 e. The molecule has 8 nitrogen and oxygen atoms in total. The molecule has 0 spiro atoms. The van der Waals surface area contributed by atoms with Crippen LogP contribution in [0.5, 0.6) is 0 Å². The van der Waals surface area contributed by atoms with Crippen LogP contribution in [-0.2, 0) is 20.1 Å². The van der Waals surface area contributed by atoms with Gasteiger partial charge in [-0.05, 0) is 18.8 Å². The van der Waals surface area contributed by atoms with Crippen LogP contribution in [0.15, 0.2) is 4.36 Å². The van der Waals surface area contributed by atoms with E-state index in [4.69, 9.17) is 10.8 Å². The maximum absolute atomic E-state index is 12.1. The molecule has 0 aliphatic carbocycles. The molecule has 3 N–H and O–H groups in total. The van der Waals surface area contributed by atoms with Crippen LogP contribution in [0.1, 0.15) is 19.8 Å². The number of nitrogens with zero attached hydrogens (tertiary/aromatic N) is 2. The highest BCUT2D eigenvalue weighted by molar-refractivity contribution is 7.61. The zero-order valence-electron chi connectivity index (χ0n) is 10.5. The first kappa shape index (κ1) is 15.6. The van der Waals surface area contributed by atoms with Crippen molar-refractivity contribution in [1.82, 2.24) is 4.90 Å². The monoisotopic (exact) mass is 291 g/mol. The van der Waals surface area contributed by atoms with Gasteiger partial charge in [0.1, 0.15) is 6.04 Å². The van der Waals surface area contributed by atoms with E-state index >= 15 is 0 Å². The van der Waals surface area contributed by atoms with Crippen molar-refractivity contribution in [2.75, 3.05) is 13.2 Å². The SMILES string of the molecule is CC1CCN(C(=O)C(CO)N=S(=O)=O)C(C(N)=O)C1. The maximum Gasteiger partial charge on any atom is 0.312 e. The fourth-order valence-electron chi connectivity index (χ4n) is 2.13. The number of primary amides is 1. The highest BCUT2D eigenvalue weighted by Crippen LogP contribution is 2.23. The minimum Gasteiger partial charge on any atom is -0.394 e.